The zero-order valence-corrected chi connectivity index (χ0v) is 10.1. The molecule has 17 heavy (non-hydrogen) atoms. The van der Waals surface area contributed by atoms with Gasteiger partial charge in [-0.15, -0.1) is 0 Å². The summed E-state index contributed by atoms with van der Waals surface area (Å²) in [4.78, 5) is 0. The van der Waals surface area contributed by atoms with Gasteiger partial charge in [0.05, 0.1) is 7.11 Å². The molecule has 0 aliphatic carbocycles. The fraction of sp³-hybridized carbons (Fsp3) is 0.308. The Morgan fingerprint density at radius 3 is 2.47 bits per heavy atom. The molecule has 2 rings (SSSR count). The van der Waals surface area contributed by atoms with Gasteiger partial charge in [0.15, 0.2) is 0 Å². The fourth-order valence-corrected chi connectivity index (χ4v) is 1.99. The lowest BCUT2D eigenvalue weighted by atomic mass is 9.96. The summed E-state index contributed by atoms with van der Waals surface area (Å²) in [5.41, 5.74) is 8.16. The van der Waals surface area contributed by atoms with Gasteiger partial charge in [-0.25, -0.2) is 0 Å². The van der Waals surface area contributed by atoms with Gasteiger partial charge < -0.3 is 10.5 Å². The average molecular weight is 231 g/mol. The van der Waals surface area contributed by atoms with Gasteiger partial charge in [0.2, 0.25) is 0 Å². The number of hydrogen-bond acceptors (Lipinski definition) is 3. The van der Waals surface area contributed by atoms with Gasteiger partial charge >= 0.3 is 0 Å². The lowest BCUT2D eigenvalue weighted by Crippen LogP contribution is -2.17. The summed E-state index contributed by atoms with van der Waals surface area (Å²) in [6.45, 7) is 0.561. The number of benzene rings is 1. The highest BCUT2D eigenvalue weighted by atomic mass is 16.5. The standard InChI is InChI=1S/C13H17N3O/c1-16-13(7-8-15-16)12(9-14)10-3-5-11(17-2)6-4-10/h3-8,12H,9,14H2,1-2H3. The third kappa shape index (κ3) is 2.31. The van der Waals surface area contributed by atoms with Crippen LogP contribution in [0.5, 0.6) is 5.75 Å². The fourth-order valence-electron chi connectivity index (χ4n) is 1.99. The number of aryl methyl sites for hydroxylation is 1. The predicted molar refractivity (Wildman–Crippen MR) is 67.1 cm³/mol. The molecule has 1 atom stereocenters. The van der Waals surface area contributed by atoms with Crippen molar-refractivity contribution < 1.29 is 4.74 Å². The summed E-state index contributed by atoms with van der Waals surface area (Å²) < 4.78 is 7.01. The monoisotopic (exact) mass is 231 g/mol. The third-order valence-electron chi connectivity index (χ3n) is 2.97. The quantitative estimate of drug-likeness (QED) is 0.868. The van der Waals surface area contributed by atoms with Gasteiger partial charge in [-0.2, -0.15) is 5.10 Å². The number of aromatic nitrogens is 2. The molecular formula is C13H17N3O. The van der Waals surface area contributed by atoms with E-state index in [0.29, 0.717) is 6.54 Å². The number of hydrogen-bond donors (Lipinski definition) is 1. The molecule has 0 amide bonds. The van der Waals surface area contributed by atoms with Gasteiger partial charge in [-0.05, 0) is 23.8 Å². The van der Waals surface area contributed by atoms with Crippen molar-refractivity contribution in [2.75, 3.05) is 13.7 Å². The largest absolute Gasteiger partial charge is 0.497 e. The van der Waals surface area contributed by atoms with Crippen molar-refractivity contribution in [2.24, 2.45) is 12.8 Å². The SMILES string of the molecule is COc1ccc(C(CN)c2ccnn2C)cc1. The van der Waals surface area contributed by atoms with Gasteiger partial charge in [0.1, 0.15) is 5.75 Å². The Kier molecular flexibility index (Phi) is 3.44. The number of nitrogens with zero attached hydrogens (tertiary/aromatic N) is 2. The molecule has 1 aromatic carbocycles. The van der Waals surface area contributed by atoms with E-state index in [1.54, 1.807) is 13.3 Å². The Morgan fingerprint density at radius 1 is 1.29 bits per heavy atom. The van der Waals surface area contributed by atoms with E-state index in [1.807, 2.05) is 42.1 Å². The highest BCUT2D eigenvalue weighted by Crippen LogP contribution is 2.24. The predicted octanol–water partition coefficient (Wildman–Crippen LogP) is 1.52. The molecule has 0 aliphatic heterocycles. The van der Waals surface area contributed by atoms with E-state index in [1.165, 1.54) is 5.56 Å². The van der Waals surface area contributed by atoms with Crippen LogP contribution in [-0.2, 0) is 7.05 Å². The summed E-state index contributed by atoms with van der Waals surface area (Å²) >= 11 is 0. The van der Waals surface area contributed by atoms with Crippen LogP contribution in [0.25, 0.3) is 0 Å². The molecule has 90 valence electrons. The first-order chi connectivity index (χ1) is 8.26. The first kappa shape index (κ1) is 11.7. The molecule has 0 radical (unpaired) electrons. The van der Waals surface area contributed by atoms with Crippen LogP contribution in [0.2, 0.25) is 0 Å². The van der Waals surface area contributed by atoms with E-state index >= 15 is 0 Å². The molecule has 1 aromatic heterocycles. The van der Waals surface area contributed by atoms with Crippen LogP contribution < -0.4 is 10.5 Å². The first-order valence-electron chi connectivity index (χ1n) is 5.58. The Hall–Kier alpha value is -1.81. The summed E-state index contributed by atoms with van der Waals surface area (Å²) in [5.74, 6) is 1.03. The molecule has 0 spiro atoms. The summed E-state index contributed by atoms with van der Waals surface area (Å²) in [6.07, 6.45) is 1.79. The summed E-state index contributed by atoms with van der Waals surface area (Å²) in [5, 5.41) is 4.18. The van der Waals surface area contributed by atoms with E-state index in [0.717, 1.165) is 11.4 Å². The Balaban J connectivity index is 2.32. The minimum Gasteiger partial charge on any atom is -0.497 e. The van der Waals surface area contributed by atoms with Crippen molar-refractivity contribution in [3.63, 3.8) is 0 Å². The minimum atomic E-state index is 0.174. The van der Waals surface area contributed by atoms with E-state index in [4.69, 9.17) is 10.5 Å². The molecule has 0 bridgehead atoms. The van der Waals surface area contributed by atoms with Crippen LogP contribution in [0.1, 0.15) is 17.2 Å². The lowest BCUT2D eigenvalue weighted by molar-refractivity contribution is 0.414. The third-order valence-corrected chi connectivity index (χ3v) is 2.97. The molecule has 4 nitrogen and oxygen atoms in total. The molecule has 4 heteroatoms. The Bertz CT molecular complexity index is 476. The molecule has 0 aliphatic rings. The maximum absolute atomic E-state index is 5.86. The lowest BCUT2D eigenvalue weighted by Gasteiger charge is -2.16. The molecule has 2 N–H and O–H groups in total. The highest BCUT2D eigenvalue weighted by molar-refractivity contribution is 5.34. The zero-order valence-electron chi connectivity index (χ0n) is 10.1. The van der Waals surface area contributed by atoms with E-state index in [2.05, 4.69) is 5.10 Å². The first-order valence-corrected chi connectivity index (χ1v) is 5.58. The molecule has 0 fully saturated rings. The summed E-state index contributed by atoms with van der Waals surface area (Å²) in [6, 6.07) is 10.00. The second kappa shape index (κ2) is 5.01. The normalized spacial score (nSPS) is 12.4. The zero-order chi connectivity index (χ0) is 12.3. The van der Waals surface area contributed by atoms with Crippen LogP contribution in [-0.4, -0.2) is 23.4 Å². The molecule has 0 saturated heterocycles. The van der Waals surface area contributed by atoms with Gasteiger partial charge in [-0.3, -0.25) is 4.68 Å². The van der Waals surface area contributed by atoms with E-state index in [9.17, 15) is 0 Å². The number of methoxy groups -OCH3 is 1. The van der Waals surface area contributed by atoms with Gasteiger partial charge in [0.25, 0.3) is 0 Å². The molecule has 0 saturated carbocycles. The van der Waals surface area contributed by atoms with Crippen molar-refractivity contribution in [1.82, 2.24) is 9.78 Å². The number of ether oxygens (including phenoxy) is 1. The van der Waals surface area contributed by atoms with Crippen molar-refractivity contribution in [2.45, 2.75) is 5.92 Å². The van der Waals surface area contributed by atoms with Crippen molar-refractivity contribution >= 4 is 0 Å². The van der Waals surface area contributed by atoms with Crippen LogP contribution >= 0.6 is 0 Å². The number of rotatable bonds is 4. The Morgan fingerprint density at radius 2 is 2.00 bits per heavy atom. The van der Waals surface area contributed by atoms with Crippen molar-refractivity contribution in [3.05, 3.63) is 47.8 Å². The number of nitrogens with two attached hydrogens (primary N) is 1. The molecule has 1 heterocycles. The van der Waals surface area contributed by atoms with E-state index in [-0.39, 0.29) is 5.92 Å². The second-order valence-electron chi connectivity index (χ2n) is 3.94. The van der Waals surface area contributed by atoms with Crippen LogP contribution in [0.15, 0.2) is 36.5 Å². The van der Waals surface area contributed by atoms with E-state index < -0.39 is 0 Å². The van der Waals surface area contributed by atoms with Crippen molar-refractivity contribution in [1.29, 1.82) is 0 Å². The molecule has 1 unspecified atom stereocenters. The topological polar surface area (TPSA) is 53.1 Å². The van der Waals surface area contributed by atoms with Gasteiger partial charge in [0, 0.05) is 31.4 Å². The smallest absolute Gasteiger partial charge is 0.118 e. The van der Waals surface area contributed by atoms with Gasteiger partial charge in [-0.1, -0.05) is 12.1 Å². The summed E-state index contributed by atoms with van der Waals surface area (Å²) in [7, 11) is 3.60. The minimum absolute atomic E-state index is 0.174. The van der Waals surface area contributed by atoms with Crippen LogP contribution in [0.3, 0.4) is 0 Å². The van der Waals surface area contributed by atoms with Crippen LogP contribution in [0.4, 0.5) is 0 Å². The second-order valence-corrected chi connectivity index (χ2v) is 3.94. The molecule has 2 aromatic rings. The average Bonchev–Trinajstić information content (AvgIpc) is 2.78. The highest BCUT2D eigenvalue weighted by Gasteiger charge is 2.15. The maximum atomic E-state index is 5.86. The van der Waals surface area contributed by atoms with Crippen molar-refractivity contribution in [3.8, 4) is 5.75 Å². The Labute approximate surface area is 101 Å². The molecular weight excluding hydrogens is 214 g/mol. The van der Waals surface area contributed by atoms with Crippen LogP contribution in [0, 0.1) is 0 Å². The maximum Gasteiger partial charge on any atom is 0.118 e.